The second kappa shape index (κ2) is 7.07. The monoisotopic (exact) mass is 325 g/mol. The summed E-state index contributed by atoms with van der Waals surface area (Å²) >= 11 is 5.26. The van der Waals surface area contributed by atoms with Gasteiger partial charge in [-0.15, -0.1) is 0 Å². The number of benzene rings is 1. The fourth-order valence-corrected chi connectivity index (χ4v) is 2.43. The zero-order valence-electron chi connectivity index (χ0n) is 13.6. The number of aromatic nitrogens is 1. The molecule has 1 aromatic heterocycles. The lowest BCUT2D eigenvalue weighted by Crippen LogP contribution is -2.24. The van der Waals surface area contributed by atoms with Crippen LogP contribution in [-0.4, -0.2) is 15.9 Å². The van der Waals surface area contributed by atoms with Gasteiger partial charge >= 0.3 is 0 Å². The highest BCUT2D eigenvalue weighted by Gasteiger charge is 2.07. The number of nitrogens with one attached hydrogen (secondary N) is 2. The minimum absolute atomic E-state index is 0.424. The Bertz CT molecular complexity index is 791. The fourth-order valence-electron chi connectivity index (χ4n) is 2.27. The van der Waals surface area contributed by atoms with Crippen molar-refractivity contribution >= 4 is 29.2 Å². The van der Waals surface area contributed by atoms with Crippen molar-refractivity contribution in [3.8, 4) is 6.07 Å². The van der Waals surface area contributed by atoms with Crippen LogP contribution in [0.3, 0.4) is 0 Å². The summed E-state index contributed by atoms with van der Waals surface area (Å²) in [5, 5.41) is 16.7. The number of rotatable bonds is 3. The predicted molar refractivity (Wildman–Crippen MR) is 97.7 cm³/mol. The van der Waals surface area contributed by atoms with Crippen LogP contribution in [0, 0.1) is 32.1 Å². The molecule has 0 aliphatic heterocycles. The van der Waals surface area contributed by atoms with Crippen LogP contribution in [0.5, 0.6) is 0 Å². The molecular formula is C17H19N5S. The molecule has 1 aromatic carbocycles. The van der Waals surface area contributed by atoms with Crippen LogP contribution >= 0.6 is 12.2 Å². The largest absolute Gasteiger partial charge is 0.339 e. The number of nitrogens with zero attached hydrogens (tertiary/aromatic N) is 3. The van der Waals surface area contributed by atoms with E-state index < -0.39 is 0 Å². The molecule has 5 nitrogen and oxygen atoms in total. The molecule has 0 fully saturated rings. The zero-order chi connectivity index (χ0) is 17.0. The number of hydrazone groups is 1. The Morgan fingerprint density at radius 1 is 1.30 bits per heavy atom. The molecule has 0 aliphatic rings. The average molecular weight is 325 g/mol. The number of hydrogen-bond acceptors (Lipinski definition) is 3. The van der Waals surface area contributed by atoms with Gasteiger partial charge in [-0.05, 0) is 50.2 Å². The van der Waals surface area contributed by atoms with E-state index in [-0.39, 0.29) is 0 Å². The Labute approximate surface area is 141 Å². The molecule has 0 radical (unpaired) electrons. The van der Waals surface area contributed by atoms with Crippen molar-refractivity contribution in [3.63, 3.8) is 0 Å². The Morgan fingerprint density at radius 3 is 2.52 bits per heavy atom. The Balaban J connectivity index is 2.04. The zero-order valence-corrected chi connectivity index (χ0v) is 14.5. The van der Waals surface area contributed by atoms with Gasteiger partial charge in [0, 0.05) is 24.0 Å². The molecule has 6 heteroatoms. The molecule has 23 heavy (non-hydrogen) atoms. The Kier molecular flexibility index (Phi) is 5.14. The van der Waals surface area contributed by atoms with E-state index in [1.165, 1.54) is 0 Å². The molecule has 0 atom stereocenters. The van der Waals surface area contributed by atoms with Crippen molar-refractivity contribution in [2.75, 3.05) is 5.32 Å². The van der Waals surface area contributed by atoms with E-state index in [0.717, 1.165) is 28.1 Å². The van der Waals surface area contributed by atoms with E-state index in [1.54, 1.807) is 12.3 Å². The number of nitriles is 1. The Hall–Kier alpha value is -2.65. The lowest BCUT2D eigenvalue weighted by Gasteiger charge is -2.12. The van der Waals surface area contributed by atoms with Gasteiger partial charge in [-0.1, -0.05) is 18.2 Å². The van der Waals surface area contributed by atoms with Gasteiger partial charge in [0.05, 0.1) is 6.21 Å². The SMILES string of the molecule is Cc1cccc(C)c1NC(=S)N/N=C\c1cc(C#N)n(C)c1C. The second-order valence-corrected chi connectivity index (χ2v) is 5.74. The van der Waals surface area contributed by atoms with Crippen LogP contribution in [0.2, 0.25) is 0 Å². The molecule has 0 aliphatic carbocycles. The van der Waals surface area contributed by atoms with Gasteiger partial charge in [0.1, 0.15) is 11.8 Å². The van der Waals surface area contributed by atoms with E-state index in [0.29, 0.717) is 10.8 Å². The smallest absolute Gasteiger partial charge is 0.191 e. The molecule has 118 valence electrons. The van der Waals surface area contributed by atoms with Gasteiger partial charge in [0.2, 0.25) is 0 Å². The summed E-state index contributed by atoms with van der Waals surface area (Å²) < 4.78 is 1.83. The molecule has 0 saturated carbocycles. The van der Waals surface area contributed by atoms with E-state index in [1.807, 2.05) is 50.6 Å². The number of anilines is 1. The van der Waals surface area contributed by atoms with Gasteiger partial charge in [0.15, 0.2) is 5.11 Å². The van der Waals surface area contributed by atoms with Crippen molar-refractivity contribution in [2.24, 2.45) is 12.1 Å². The molecule has 2 rings (SSSR count). The summed E-state index contributed by atoms with van der Waals surface area (Å²) in [5.41, 5.74) is 8.49. The Morgan fingerprint density at radius 2 is 1.96 bits per heavy atom. The highest BCUT2D eigenvalue weighted by atomic mass is 32.1. The molecule has 1 heterocycles. The summed E-state index contributed by atoms with van der Waals surface area (Å²) in [6.45, 7) is 5.99. The lowest BCUT2D eigenvalue weighted by atomic mass is 10.1. The first-order valence-electron chi connectivity index (χ1n) is 7.16. The maximum atomic E-state index is 9.02. The third kappa shape index (κ3) is 3.76. The normalized spacial score (nSPS) is 10.6. The van der Waals surface area contributed by atoms with Crippen molar-refractivity contribution in [2.45, 2.75) is 20.8 Å². The molecule has 0 spiro atoms. The lowest BCUT2D eigenvalue weighted by molar-refractivity contribution is 0.865. The molecular weight excluding hydrogens is 306 g/mol. The predicted octanol–water partition coefficient (Wildman–Crippen LogP) is 3.14. The number of thiocarbonyl (C=S) groups is 1. The van der Waals surface area contributed by atoms with Crippen molar-refractivity contribution in [1.82, 2.24) is 9.99 Å². The van der Waals surface area contributed by atoms with E-state index >= 15 is 0 Å². The summed E-state index contributed by atoms with van der Waals surface area (Å²) in [5.74, 6) is 0. The van der Waals surface area contributed by atoms with Crippen LogP contribution in [0.4, 0.5) is 5.69 Å². The van der Waals surface area contributed by atoms with Crippen LogP contribution in [0.15, 0.2) is 29.4 Å². The van der Waals surface area contributed by atoms with E-state index in [2.05, 4.69) is 21.9 Å². The number of para-hydroxylation sites is 1. The minimum atomic E-state index is 0.424. The molecule has 2 aromatic rings. The molecule has 0 amide bonds. The summed E-state index contributed by atoms with van der Waals surface area (Å²) in [7, 11) is 1.85. The maximum absolute atomic E-state index is 9.02. The van der Waals surface area contributed by atoms with Crippen LogP contribution in [-0.2, 0) is 7.05 Å². The minimum Gasteiger partial charge on any atom is -0.339 e. The van der Waals surface area contributed by atoms with E-state index in [4.69, 9.17) is 17.5 Å². The van der Waals surface area contributed by atoms with Gasteiger partial charge < -0.3 is 9.88 Å². The fraction of sp³-hybridized carbons (Fsp3) is 0.235. The first kappa shape index (κ1) is 16.7. The van der Waals surface area contributed by atoms with Crippen LogP contribution < -0.4 is 10.7 Å². The van der Waals surface area contributed by atoms with Crippen LogP contribution in [0.25, 0.3) is 0 Å². The molecule has 0 saturated heterocycles. The third-order valence-electron chi connectivity index (χ3n) is 3.78. The molecule has 2 N–H and O–H groups in total. The third-order valence-corrected chi connectivity index (χ3v) is 3.97. The molecule has 0 unspecified atom stereocenters. The molecule has 0 bridgehead atoms. The second-order valence-electron chi connectivity index (χ2n) is 5.33. The van der Waals surface area contributed by atoms with Crippen molar-refractivity contribution < 1.29 is 0 Å². The quantitative estimate of drug-likeness (QED) is 0.517. The van der Waals surface area contributed by atoms with Crippen LogP contribution in [0.1, 0.15) is 28.1 Å². The first-order valence-corrected chi connectivity index (χ1v) is 7.57. The van der Waals surface area contributed by atoms with E-state index in [9.17, 15) is 0 Å². The van der Waals surface area contributed by atoms with Crippen molar-refractivity contribution in [3.05, 3.63) is 52.3 Å². The van der Waals surface area contributed by atoms with Gasteiger partial charge in [0.25, 0.3) is 0 Å². The van der Waals surface area contributed by atoms with Gasteiger partial charge in [-0.2, -0.15) is 10.4 Å². The summed E-state index contributed by atoms with van der Waals surface area (Å²) in [4.78, 5) is 0. The summed E-state index contributed by atoms with van der Waals surface area (Å²) in [6, 6.07) is 10.00. The highest BCUT2D eigenvalue weighted by Crippen LogP contribution is 2.19. The van der Waals surface area contributed by atoms with Gasteiger partial charge in [-0.25, -0.2) is 0 Å². The standard InChI is InChI=1S/C17H19N5S/c1-11-6-5-7-12(2)16(11)20-17(23)21-19-10-14-8-15(9-18)22(4)13(14)3/h5-8,10H,1-4H3,(H2,20,21,23)/b19-10-. The first-order chi connectivity index (χ1) is 10.9. The summed E-state index contributed by atoms with van der Waals surface area (Å²) in [6.07, 6.45) is 1.66. The average Bonchev–Trinajstić information content (AvgIpc) is 2.79. The number of aryl methyl sites for hydroxylation is 2. The van der Waals surface area contributed by atoms with Gasteiger partial charge in [-0.3, -0.25) is 5.43 Å². The maximum Gasteiger partial charge on any atom is 0.191 e. The highest BCUT2D eigenvalue weighted by molar-refractivity contribution is 7.80. The number of hydrogen-bond donors (Lipinski definition) is 2. The topological polar surface area (TPSA) is 65.1 Å². The van der Waals surface area contributed by atoms with Crippen molar-refractivity contribution in [1.29, 1.82) is 5.26 Å².